The van der Waals surface area contributed by atoms with Crippen LogP contribution in [0.25, 0.3) is 27.5 Å². The number of nitrogens with one attached hydrogen (secondary N) is 2. The first kappa shape index (κ1) is 48.0. The Morgan fingerprint density at radius 2 is 1.70 bits per heavy atom. The van der Waals surface area contributed by atoms with Crippen molar-refractivity contribution in [1.82, 2.24) is 50.0 Å². The second-order valence-electron chi connectivity index (χ2n) is 18.2. The van der Waals surface area contributed by atoms with Gasteiger partial charge in [-0.2, -0.15) is 5.10 Å². The fraction of sp³-hybridized carbons (Fsp3) is 0.353. The number of hydrogen-bond acceptors (Lipinski definition) is 13. The quantitative estimate of drug-likeness (QED) is 0.0918. The van der Waals surface area contributed by atoms with E-state index < -0.39 is 30.3 Å². The van der Waals surface area contributed by atoms with Crippen molar-refractivity contribution in [2.45, 2.75) is 98.2 Å². The summed E-state index contributed by atoms with van der Waals surface area (Å²) in [6, 6.07) is 16.5. The predicted molar refractivity (Wildman–Crippen MR) is 265 cm³/mol. The number of benzene rings is 2. The van der Waals surface area contributed by atoms with Crippen molar-refractivity contribution >= 4 is 46.4 Å². The Kier molecular flexibility index (Phi) is 13.8. The standard InChI is InChI=1S/C51H54ClN11O6S/c1-27(2)46(50(67)61-25-39(64)19-41(61)49(66)55-22-33-8-10-35(11-9-33)47-30(5)56-26-68-47)62-24-37(23-57-62)36-16-17-53-43(18-36)69-28(3)21-54-42(65)20-40-48-60-59-32(7)63(48)51-44(29(4)31(6)70-51)45(58-40)34-12-14-38(52)15-13-34/h8-18,23-24,26-28,39-41,46,64H,19-22,25H2,1-7H3,(H,54,65)(H,55,66)/t28-,39-,40+,41+,46-/m1/s1. The molecule has 0 aliphatic carbocycles. The Morgan fingerprint density at radius 1 is 0.943 bits per heavy atom. The van der Waals surface area contributed by atoms with E-state index in [4.69, 9.17) is 25.7 Å². The van der Waals surface area contributed by atoms with Crippen LogP contribution in [0, 0.1) is 33.6 Å². The minimum Gasteiger partial charge on any atom is -0.473 e. The second kappa shape index (κ2) is 20.1. The molecule has 7 aromatic rings. The number of hydrogen-bond donors (Lipinski definition) is 3. The fourth-order valence-electron chi connectivity index (χ4n) is 9.02. The Balaban J connectivity index is 0.831. The van der Waals surface area contributed by atoms with E-state index in [2.05, 4.69) is 49.7 Å². The molecule has 9 rings (SSSR count). The molecular formula is C51H54ClN11O6S. The number of halogens is 1. The highest BCUT2D eigenvalue weighted by atomic mass is 35.5. The van der Waals surface area contributed by atoms with Crippen LogP contribution >= 0.6 is 22.9 Å². The van der Waals surface area contributed by atoms with Crippen LogP contribution in [0.1, 0.15) is 90.2 Å². The van der Waals surface area contributed by atoms with E-state index in [1.54, 1.807) is 40.7 Å². The number of aliphatic hydroxyl groups is 1. The largest absolute Gasteiger partial charge is 0.473 e. The summed E-state index contributed by atoms with van der Waals surface area (Å²) in [7, 11) is 0. The fourth-order valence-corrected chi connectivity index (χ4v) is 10.4. The van der Waals surface area contributed by atoms with Gasteiger partial charge in [0, 0.05) is 70.1 Å². The molecule has 3 amide bonds. The Bertz CT molecular complexity index is 3080. The summed E-state index contributed by atoms with van der Waals surface area (Å²) in [6.07, 6.45) is 5.33. The molecule has 5 aromatic heterocycles. The number of aliphatic imine (C=N–C) groups is 1. The van der Waals surface area contributed by atoms with E-state index in [1.165, 1.54) is 11.3 Å². The van der Waals surface area contributed by atoms with Gasteiger partial charge in [-0.05, 0) is 75.4 Å². The average molecular weight is 985 g/mol. The van der Waals surface area contributed by atoms with Gasteiger partial charge in [-0.15, -0.1) is 21.5 Å². The van der Waals surface area contributed by atoms with Gasteiger partial charge in [-0.3, -0.25) is 28.6 Å². The summed E-state index contributed by atoms with van der Waals surface area (Å²) in [5, 5.41) is 31.8. The lowest BCUT2D eigenvalue weighted by Gasteiger charge is -2.30. The van der Waals surface area contributed by atoms with Crippen molar-refractivity contribution in [2.75, 3.05) is 13.1 Å². The Labute approximate surface area is 414 Å². The van der Waals surface area contributed by atoms with Crippen molar-refractivity contribution in [3.8, 4) is 33.3 Å². The van der Waals surface area contributed by atoms with Crippen molar-refractivity contribution in [1.29, 1.82) is 0 Å². The van der Waals surface area contributed by atoms with Crippen LogP contribution in [0.5, 0.6) is 5.88 Å². The van der Waals surface area contributed by atoms with E-state index in [9.17, 15) is 19.5 Å². The minimum absolute atomic E-state index is 0.0279. The average Bonchev–Trinajstić information content (AvgIpc) is 4.19. The Morgan fingerprint density at radius 3 is 2.43 bits per heavy atom. The summed E-state index contributed by atoms with van der Waals surface area (Å²) in [5.41, 5.74) is 7.75. The van der Waals surface area contributed by atoms with E-state index in [1.807, 2.05) is 93.8 Å². The molecule has 7 heterocycles. The zero-order valence-electron chi connectivity index (χ0n) is 39.9. The number of carbonyl (C=O) groups excluding carboxylic acids is 3. The molecule has 362 valence electrons. The lowest BCUT2D eigenvalue weighted by atomic mass is 9.99. The summed E-state index contributed by atoms with van der Waals surface area (Å²) in [6.45, 7) is 14.1. The number of oxazole rings is 1. The number of β-amino-alcohol motifs (C(OH)–C–C–N with tert-alkyl or cyclic N) is 1. The van der Waals surface area contributed by atoms with Crippen LogP contribution in [-0.2, 0) is 20.9 Å². The number of amides is 3. The maximum absolute atomic E-state index is 14.3. The highest BCUT2D eigenvalue weighted by molar-refractivity contribution is 7.15. The lowest BCUT2D eigenvalue weighted by Crippen LogP contribution is -2.49. The summed E-state index contributed by atoms with van der Waals surface area (Å²) in [4.78, 5) is 58.1. The molecule has 0 saturated carbocycles. The molecule has 0 unspecified atom stereocenters. The monoisotopic (exact) mass is 983 g/mol. The minimum atomic E-state index is -0.853. The molecule has 0 radical (unpaired) electrons. The van der Waals surface area contributed by atoms with Crippen molar-refractivity contribution in [2.24, 2.45) is 10.9 Å². The zero-order chi connectivity index (χ0) is 49.4. The first-order valence-corrected chi connectivity index (χ1v) is 24.4. The lowest BCUT2D eigenvalue weighted by molar-refractivity contribution is -0.142. The van der Waals surface area contributed by atoms with Crippen molar-refractivity contribution in [3.63, 3.8) is 0 Å². The summed E-state index contributed by atoms with van der Waals surface area (Å²) in [5.74, 6) is 1.23. The highest BCUT2D eigenvalue weighted by Crippen LogP contribution is 2.40. The van der Waals surface area contributed by atoms with E-state index in [0.29, 0.717) is 28.3 Å². The third-order valence-corrected chi connectivity index (χ3v) is 14.2. The molecule has 2 aliphatic rings. The number of likely N-dealkylation sites (tertiary alicyclic amines) is 1. The van der Waals surface area contributed by atoms with Gasteiger partial charge >= 0.3 is 0 Å². The molecule has 17 nitrogen and oxygen atoms in total. The highest BCUT2D eigenvalue weighted by Gasteiger charge is 2.42. The van der Waals surface area contributed by atoms with Crippen LogP contribution < -0.4 is 15.4 Å². The smallest absolute Gasteiger partial charge is 0.248 e. The summed E-state index contributed by atoms with van der Waals surface area (Å²) < 4.78 is 15.3. The molecule has 0 spiro atoms. The third-order valence-electron chi connectivity index (χ3n) is 12.8. The van der Waals surface area contributed by atoms with Gasteiger partial charge in [0.15, 0.2) is 18.0 Å². The van der Waals surface area contributed by atoms with Gasteiger partial charge < -0.3 is 29.8 Å². The molecule has 1 saturated heterocycles. The number of nitrogens with zero attached hydrogens (tertiary/aromatic N) is 9. The van der Waals surface area contributed by atoms with Gasteiger partial charge in [0.1, 0.15) is 35.1 Å². The molecule has 70 heavy (non-hydrogen) atoms. The number of aliphatic hydroxyl groups excluding tert-OH is 1. The zero-order valence-corrected chi connectivity index (χ0v) is 41.5. The number of pyridine rings is 1. The molecule has 3 N–H and O–H groups in total. The molecule has 5 atom stereocenters. The van der Waals surface area contributed by atoms with E-state index in [0.717, 1.165) is 60.2 Å². The van der Waals surface area contributed by atoms with E-state index >= 15 is 0 Å². The van der Waals surface area contributed by atoms with Crippen molar-refractivity contribution < 1.29 is 28.6 Å². The van der Waals surface area contributed by atoms with Crippen molar-refractivity contribution in [3.05, 3.63) is 135 Å². The molecule has 2 aliphatic heterocycles. The summed E-state index contributed by atoms with van der Waals surface area (Å²) >= 11 is 7.92. The molecule has 2 aromatic carbocycles. The number of ether oxygens (including phenoxy) is 1. The SMILES string of the molecule is Cc1ncoc1-c1ccc(CNC(=O)[C@@H]2C[C@@H](O)CN2C(=O)[C@@H](C(C)C)n2cc(-c3ccnc(O[C@H](C)CNC(=O)C[C@@H]4N=C(c5ccc(Cl)cc5)c5c(sc(C)c5C)-n5c(C)nnc54)c3)cn2)cc1. The van der Waals surface area contributed by atoms with Crippen LogP contribution in [-0.4, -0.2) is 99.3 Å². The topological polar surface area (TPSA) is 208 Å². The third kappa shape index (κ3) is 9.88. The van der Waals surface area contributed by atoms with Crippen LogP contribution in [0.4, 0.5) is 0 Å². The van der Waals surface area contributed by atoms with Gasteiger partial charge in [-0.1, -0.05) is 61.8 Å². The number of carbonyl (C=O) groups is 3. The van der Waals surface area contributed by atoms with Gasteiger partial charge in [0.05, 0.1) is 36.7 Å². The maximum atomic E-state index is 14.3. The number of aryl methyl sites for hydroxylation is 3. The number of fused-ring (bicyclic) bond motifs is 3. The van der Waals surface area contributed by atoms with Gasteiger partial charge in [0.25, 0.3) is 0 Å². The van der Waals surface area contributed by atoms with Gasteiger partial charge in [-0.25, -0.2) is 9.97 Å². The molecule has 0 bridgehead atoms. The molecule has 1 fully saturated rings. The van der Waals surface area contributed by atoms with Crippen LogP contribution in [0.15, 0.2) is 95.1 Å². The van der Waals surface area contributed by atoms with Crippen LogP contribution in [0.2, 0.25) is 5.02 Å². The first-order valence-electron chi connectivity index (χ1n) is 23.2. The van der Waals surface area contributed by atoms with Crippen LogP contribution in [0.3, 0.4) is 0 Å². The maximum Gasteiger partial charge on any atom is 0.248 e. The molecule has 19 heteroatoms. The normalized spacial score (nSPS) is 17.4. The van der Waals surface area contributed by atoms with Gasteiger partial charge in [0.2, 0.25) is 23.6 Å². The Hall–Kier alpha value is -7.02. The number of aromatic nitrogens is 7. The number of rotatable bonds is 15. The second-order valence-corrected chi connectivity index (χ2v) is 19.8. The molecular weight excluding hydrogens is 930 g/mol. The number of thiophene rings is 1. The predicted octanol–water partition coefficient (Wildman–Crippen LogP) is 7.47. The first-order chi connectivity index (χ1) is 33.6. The van der Waals surface area contributed by atoms with E-state index in [-0.39, 0.29) is 56.1 Å².